The van der Waals surface area contributed by atoms with Crippen LogP contribution >= 0.6 is 24.4 Å². The van der Waals surface area contributed by atoms with E-state index in [0.29, 0.717) is 10.2 Å². The minimum Gasteiger partial charge on any atom is -0.362 e. The largest absolute Gasteiger partial charge is 0.362 e. The first-order valence-electron chi connectivity index (χ1n) is 16.0. The fourth-order valence-electron chi connectivity index (χ4n) is 5.83. The Morgan fingerprint density at radius 2 is 0.818 bits per heavy atom. The first kappa shape index (κ1) is 31.7. The normalized spacial score (nSPS) is 12.2. The Labute approximate surface area is 274 Å². The zero-order valence-electron chi connectivity index (χ0n) is 26.0. The number of thiocarbonyl (C=S) groups is 2. The molecule has 0 unspecified atom stereocenters. The second-order valence-electron chi connectivity index (χ2n) is 11.9. The topological polar surface area (TPSA) is 48.1 Å². The summed E-state index contributed by atoms with van der Waals surface area (Å²) in [5.74, 6) is 0. The lowest BCUT2D eigenvalue weighted by Gasteiger charge is -2.16. The van der Waals surface area contributed by atoms with Gasteiger partial charge in [-0.05, 0) is 132 Å². The van der Waals surface area contributed by atoms with Crippen molar-refractivity contribution < 1.29 is 0 Å². The quantitative estimate of drug-likeness (QED) is 0.103. The van der Waals surface area contributed by atoms with Crippen molar-refractivity contribution in [2.45, 2.75) is 65.2 Å². The molecule has 0 aliphatic heterocycles. The van der Waals surface area contributed by atoms with Crippen LogP contribution in [-0.2, 0) is 25.7 Å². The summed E-state index contributed by atoms with van der Waals surface area (Å²) in [5, 5.41) is 15.0. The summed E-state index contributed by atoms with van der Waals surface area (Å²) in [6.07, 6.45) is 7.92. The molecule has 1 aliphatic rings. The fraction of sp³-hybridized carbons (Fsp3) is 0.316. The Morgan fingerprint density at radius 1 is 0.500 bits per heavy atom. The molecule has 4 aromatic rings. The van der Waals surface area contributed by atoms with Crippen LogP contribution in [0.1, 0.15) is 84.0 Å². The maximum atomic E-state index is 5.62. The Kier molecular flexibility index (Phi) is 11.4. The number of hydrogen-bond donors (Lipinski definition) is 4. The number of fused-ring (bicyclic) bond motifs is 8. The highest BCUT2D eigenvalue weighted by Gasteiger charge is 2.10. The van der Waals surface area contributed by atoms with Gasteiger partial charge in [-0.2, -0.15) is 0 Å². The second-order valence-corrected chi connectivity index (χ2v) is 12.7. The molecule has 1 aliphatic carbocycles. The van der Waals surface area contributed by atoms with Gasteiger partial charge in [-0.3, -0.25) is 0 Å². The van der Waals surface area contributed by atoms with Gasteiger partial charge < -0.3 is 21.3 Å². The summed E-state index contributed by atoms with van der Waals surface area (Å²) in [5.41, 5.74) is 12.4. The highest BCUT2D eigenvalue weighted by atomic mass is 32.1. The lowest BCUT2D eigenvalue weighted by molar-refractivity contribution is 0.758. The standard InChI is InChI=1S/C38H44N4S2/c1-3-5-13-39-37(43)41-35-23-31-17-27-9-7-11-29(15-27)19-33-22-34(26-36(25-33)42-38(44)40-14-6-4-2)20-30-12-8-10-28(16-30)18-32(21-31)24-35/h7-12,15-16,21-26H,3-6,13-14,17-20H2,1-2H3,(H2,39,41,43)(H2,40,42,44). The van der Waals surface area contributed by atoms with Gasteiger partial charge in [0.15, 0.2) is 10.2 Å². The minimum atomic E-state index is 0.681. The Balaban J connectivity index is 1.47. The van der Waals surface area contributed by atoms with Crippen molar-refractivity contribution >= 4 is 46.0 Å². The molecule has 44 heavy (non-hydrogen) atoms. The van der Waals surface area contributed by atoms with E-state index in [9.17, 15) is 0 Å². The van der Waals surface area contributed by atoms with Crippen molar-refractivity contribution in [3.8, 4) is 0 Å². The summed E-state index contributed by atoms with van der Waals surface area (Å²) in [7, 11) is 0. The molecule has 0 radical (unpaired) electrons. The first-order valence-corrected chi connectivity index (χ1v) is 16.8. The van der Waals surface area contributed by atoms with Crippen molar-refractivity contribution in [1.29, 1.82) is 0 Å². The van der Waals surface area contributed by atoms with Crippen LogP contribution in [0.25, 0.3) is 0 Å². The molecule has 8 bridgehead atoms. The average molecular weight is 621 g/mol. The van der Waals surface area contributed by atoms with Crippen LogP contribution < -0.4 is 21.3 Å². The number of hydrogen-bond acceptors (Lipinski definition) is 2. The van der Waals surface area contributed by atoms with Crippen LogP contribution in [-0.4, -0.2) is 23.3 Å². The van der Waals surface area contributed by atoms with E-state index in [4.69, 9.17) is 24.4 Å². The lowest BCUT2D eigenvalue weighted by atomic mass is 9.93. The zero-order valence-corrected chi connectivity index (χ0v) is 27.6. The van der Waals surface area contributed by atoms with Gasteiger partial charge in [0.25, 0.3) is 0 Å². The minimum absolute atomic E-state index is 0.681. The van der Waals surface area contributed by atoms with Gasteiger partial charge in [0, 0.05) is 24.5 Å². The van der Waals surface area contributed by atoms with E-state index in [1.54, 1.807) is 0 Å². The second kappa shape index (κ2) is 15.8. The fourth-order valence-corrected chi connectivity index (χ4v) is 6.27. The van der Waals surface area contributed by atoms with Gasteiger partial charge >= 0.3 is 0 Å². The molecule has 0 heterocycles. The Hall–Kier alpha value is -3.74. The SMILES string of the molecule is CCCCNC(=S)Nc1cc2cc(c1)Cc1cccc(c1)Cc1cc(cc(NC(=S)NCCCC)c1)Cc1cccc(c1)C2. The number of unbranched alkanes of at least 4 members (excludes halogenated alkanes) is 2. The molecular weight excluding hydrogens is 577 g/mol. The van der Waals surface area contributed by atoms with E-state index in [2.05, 4.69) is 120 Å². The molecular formula is C38H44N4S2. The lowest BCUT2D eigenvalue weighted by Crippen LogP contribution is -2.29. The number of rotatable bonds is 8. The molecule has 0 atom stereocenters. The zero-order chi connectivity index (χ0) is 30.7. The number of nitrogens with one attached hydrogen (secondary N) is 4. The van der Waals surface area contributed by atoms with Gasteiger partial charge in [-0.15, -0.1) is 0 Å². The summed E-state index contributed by atoms with van der Waals surface area (Å²) in [4.78, 5) is 0. The molecule has 0 aromatic heterocycles. The molecule has 4 aromatic carbocycles. The Morgan fingerprint density at radius 3 is 1.14 bits per heavy atom. The monoisotopic (exact) mass is 620 g/mol. The van der Waals surface area contributed by atoms with E-state index in [1.807, 2.05) is 0 Å². The van der Waals surface area contributed by atoms with Crippen LogP contribution in [0.5, 0.6) is 0 Å². The third kappa shape index (κ3) is 9.63. The van der Waals surface area contributed by atoms with Gasteiger partial charge in [0.2, 0.25) is 0 Å². The third-order valence-electron chi connectivity index (χ3n) is 7.87. The highest BCUT2D eigenvalue weighted by molar-refractivity contribution is 7.80. The van der Waals surface area contributed by atoms with Gasteiger partial charge in [0.05, 0.1) is 0 Å². The van der Waals surface area contributed by atoms with E-state index in [-0.39, 0.29) is 0 Å². The van der Waals surface area contributed by atoms with Crippen LogP contribution in [0.15, 0.2) is 84.9 Å². The van der Waals surface area contributed by atoms with Crippen molar-refractivity contribution in [3.05, 3.63) is 129 Å². The third-order valence-corrected chi connectivity index (χ3v) is 8.36. The van der Waals surface area contributed by atoms with Crippen molar-refractivity contribution in [3.63, 3.8) is 0 Å². The molecule has 0 spiro atoms. The highest BCUT2D eigenvalue weighted by Crippen LogP contribution is 2.25. The molecule has 0 fully saturated rings. The number of benzene rings is 4. The number of anilines is 2. The maximum Gasteiger partial charge on any atom is 0.170 e. The van der Waals surface area contributed by atoms with E-state index < -0.39 is 0 Å². The predicted octanol–water partition coefficient (Wildman–Crippen LogP) is 8.54. The van der Waals surface area contributed by atoms with Crippen molar-refractivity contribution in [2.24, 2.45) is 0 Å². The molecule has 0 amide bonds. The van der Waals surface area contributed by atoms with Crippen LogP contribution in [0.4, 0.5) is 11.4 Å². The molecule has 4 nitrogen and oxygen atoms in total. The summed E-state index contributed by atoms with van der Waals surface area (Å²) < 4.78 is 0. The van der Waals surface area contributed by atoms with Gasteiger partial charge in [-0.1, -0.05) is 87.4 Å². The van der Waals surface area contributed by atoms with Crippen LogP contribution in [0.2, 0.25) is 0 Å². The van der Waals surface area contributed by atoms with Crippen LogP contribution in [0.3, 0.4) is 0 Å². The summed E-state index contributed by atoms with van der Waals surface area (Å²) in [6.45, 7) is 6.15. The molecule has 6 heteroatoms. The van der Waals surface area contributed by atoms with Gasteiger partial charge in [0.1, 0.15) is 0 Å². The van der Waals surface area contributed by atoms with Gasteiger partial charge in [-0.25, -0.2) is 0 Å². The maximum absolute atomic E-state index is 5.62. The summed E-state index contributed by atoms with van der Waals surface area (Å²) >= 11 is 11.2. The average Bonchev–Trinajstić information content (AvgIpc) is 2.97. The molecule has 5 rings (SSSR count). The van der Waals surface area contributed by atoms with E-state index >= 15 is 0 Å². The van der Waals surface area contributed by atoms with Crippen molar-refractivity contribution in [2.75, 3.05) is 23.7 Å². The Bertz CT molecular complexity index is 1400. The van der Waals surface area contributed by atoms with E-state index in [1.165, 1.54) is 44.5 Å². The van der Waals surface area contributed by atoms with Crippen molar-refractivity contribution in [1.82, 2.24) is 10.6 Å². The molecule has 228 valence electrons. The van der Waals surface area contributed by atoms with E-state index in [0.717, 1.165) is 75.8 Å². The first-order chi connectivity index (χ1) is 21.4. The molecule has 0 saturated heterocycles. The smallest absolute Gasteiger partial charge is 0.170 e. The summed E-state index contributed by atoms with van der Waals surface area (Å²) in [6, 6.07) is 31.7. The van der Waals surface area contributed by atoms with Crippen LogP contribution in [0, 0.1) is 0 Å². The predicted molar refractivity (Wildman–Crippen MR) is 195 cm³/mol. The molecule has 4 N–H and O–H groups in total. The molecule has 0 saturated carbocycles.